The van der Waals surface area contributed by atoms with Crippen molar-refractivity contribution >= 4 is 11.3 Å². The van der Waals surface area contributed by atoms with Crippen molar-refractivity contribution in [2.45, 2.75) is 26.3 Å². The van der Waals surface area contributed by atoms with Gasteiger partial charge in [0.1, 0.15) is 0 Å². The molecule has 13 heavy (non-hydrogen) atoms. The second-order valence-corrected chi connectivity index (χ2v) is 4.39. The Hall–Kier alpha value is -0.380. The van der Waals surface area contributed by atoms with Crippen LogP contribution in [0.2, 0.25) is 0 Å². The molecule has 1 aromatic rings. The molecule has 0 spiro atoms. The van der Waals surface area contributed by atoms with Gasteiger partial charge in [-0.3, -0.25) is 0 Å². The van der Waals surface area contributed by atoms with E-state index in [-0.39, 0.29) is 6.61 Å². The Kier molecular flexibility index (Phi) is 4.42. The molecule has 0 saturated heterocycles. The number of thiophene rings is 1. The van der Waals surface area contributed by atoms with Gasteiger partial charge in [0.2, 0.25) is 0 Å². The molecule has 1 atom stereocenters. The molecule has 0 amide bonds. The standard InChI is InChI=1S/C10H17NOS/c1-3-11-9(6-7-12)10-5-4-8(2)13-10/h4-5,9,11-12H,3,6-7H2,1-2H3. The maximum Gasteiger partial charge on any atom is 0.0449 e. The van der Waals surface area contributed by atoms with Crippen molar-refractivity contribution in [3.05, 3.63) is 21.9 Å². The van der Waals surface area contributed by atoms with Gasteiger partial charge in [-0.15, -0.1) is 11.3 Å². The van der Waals surface area contributed by atoms with E-state index in [4.69, 9.17) is 5.11 Å². The summed E-state index contributed by atoms with van der Waals surface area (Å²) in [6, 6.07) is 4.60. The first-order valence-corrected chi connectivity index (χ1v) is 5.50. The van der Waals surface area contributed by atoms with Crippen LogP contribution in [0, 0.1) is 6.92 Å². The summed E-state index contributed by atoms with van der Waals surface area (Å²) < 4.78 is 0. The van der Waals surface area contributed by atoms with Crippen LogP contribution in [-0.4, -0.2) is 18.3 Å². The van der Waals surface area contributed by atoms with Crippen molar-refractivity contribution in [2.24, 2.45) is 0 Å². The molecule has 0 aliphatic carbocycles. The van der Waals surface area contributed by atoms with Crippen molar-refractivity contribution < 1.29 is 5.11 Å². The Morgan fingerprint density at radius 1 is 1.54 bits per heavy atom. The van der Waals surface area contributed by atoms with Crippen LogP contribution < -0.4 is 5.32 Å². The molecule has 0 fully saturated rings. The van der Waals surface area contributed by atoms with Crippen molar-refractivity contribution in [3.63, 3.8) is 0 Å². The number of aliphatic hydroxyl groups is 1. The molecule has 0 bridgehead atoms. The maximum atomic E-state index is 8.90. The van der Waals surface area contributed by atoms with Crippen LogP contribution in [0.1, 0.15) is 29.1 Å². The SMILES string of the molecule is CCNC(CCO)c1ccc(C)s1. The lowest BCUT2D eigenvalue weighted by Crippen LogP contribution is -2.20. The monoisotopic (exact) mass is 199 g/mol. The average Bonchev–Trinajstić information content (AvgIpc) is 2.51. The number of hydrogen-bond donors (Lipinski definition) is 2. The minimum atomic E-state index is 0.245. The van der Waals surface area contributed by atoms with E-state index in [1.165, 1.54) is 9.75 Å². The summed E-state index contributed by atoms with van der Waals surface area (Å²) in [6.45, 7) is 5.39. The largest absolute Gasteiger partial charge is 0.396 e. The summed E-state index contributed by atoms with van der Waals surface area (Å²) in [5.41, 5.74) is 0. The van der Waals surface area contributed by atoms with E-state index in [2.05, 4.69) is 31.3 Å². The summed E-state index contributed by atoms with van der Waals surface area (Å²) >= 11 is 1.80. The van der Waals surface area contributed by atoms with E-state index in [0.717, 1.165) is 13.0 Å². The topological polar surface area (TPSA) is 32.3 Å². The molecule has 2 N–H and O–H groups in total. The number of nitrogens with one attached hydrogen (secondary N) is 1. The normalized spacial score (nSPS) is 13.2. The lowest BCUT2D eigenvalue weighted by atomic mass is 10.2. The first kappa shape index (κ1) is 10.7. The highest BCUT2D eigenvalue weighted by molar-refractivity contribution is 7.12. The lowest BCUT2D eigenvalue weighted by Gasteiger charge is -2.14. The molecule has 3 heteroatoms. The zero-order valence-corrected chi connectivity index (χ0v) is 9.03. The van der Waals surface area contributed by atoms with Gasteiger partial charge in [0.15, 0.2) is 0 Å². The number of rotatable bonds is 5. The van der Waals surface area contributed by atoms with Crippen molar-refractivity contribution in [3.8, 4) is 0 Å². The summed E-state index contributed by atoms with van der Waals surface area (Å²) in [5.74, 6) is 0. The van der Waals surface area contributed by atoms with Crippen LogP contribution in [-0.2, 0) is 0 Å². The van der Waals surface area contributed by atoms with Crippen LogP contribution in [0.25, 0.3) is 0 Å². The Bertz CT molecular complexity index is 241. The summed E-state index contributed by atoms with van der Waals surface area (Å²) in [4.78, 5) is 2.66. The Balaban J connectivity index is 2.63. The fraction of sp³-hybridized carbons (Fsp3) is 0.600. The lowest BCUT2D eigenvalue weighted by molar-refractivity contribution is 0.267. The van der Waals surface area contributed by atoms with E-state index in [0.29, 0.717) is 6.04 Å². The minimum absolute atomic E-state index is 0.245. The van der Waals surface area contributed by atoms with E-state index < -0.39 is 0 Å². The molecule has 1 rings (SSSR count). The Labute approximate surface area is 83.6 Å². The van der Waals surface area contributed by atoms with Gasteiger partial charge in [-0.2, -0.15) is 0 Å². The van der Waals surface area contributed by atoms with Gasteiger partial charge in [-0.1, -0.05) is 6.92 Å². The van der Waals surface area contributed by atoms with E-state index >= 15 is 0 Å². The number of aryl methyl sites for hydroxylation is 1. The second kappa shape index (κ2) is 5.37. The molecule has 0 aromatic carbocycles. The summed E-state index contributed by atoms with van der Waals surface area (Å²) in [7, 11) is 0. The fourth-order valence-electron chi connectivity index (χ4n) is 1.36. The Morgan fingerprint density at radius 2 is 2.31 bits per heavy atom. The highest BCUT2D eigenvalue weighted by atomic mass is 32.1. The molecule has 1 unspecified atom stereocenters. The maximum absolute atomic E-state index is 8.90. The highest BCUT2D eigenvalue weighted by Crippen LogP contribution is 2.24. The summed E-state index contributed by atoms with van der Waals surface area (Å²) in [5, 5.41) is 12.3. The molecule has 0 aliphatic rings. The third-order valence-corrected chi connectivity index (χ3v) is 3.09. The third-order valence-electron chi connectivity index (χ3n) is 1.97. The van der Waals surface area contributed by atoms with Gasteiger partial charge in [0, 0.05) is 22.4 Å². The minimum Gasteiger partial charge on any atom is -0.396 e. The highest BCUT2D eigenvalue weighted by Gasteiger charge is 2.10. The van der Waals surface area contributed by atoms with Crippen LogP contribution in [0.5, 0.6) is 0 Å². The zero-order chi connectivity index (χ0) is 9.68. The van der Waals surface area contributed by atoms with Gasteiger partial charge in [0.05, 0.1) is 0 Å². The molecule has 0 aliphatic heterocycles. The quantitative estimate of drug-likeness (QED) is 0.761. The van der Waals surface area contributed by atoms with Crippen LogP contribution >= 0.6 is 11.3 Å². The fourth-order valence-corrected chi connectivity index (χ4v) is 2.35. The summed E-state index contributed by atoms with van der Waals surface area (Å²) in [6.07, 6.45) is 0.799. The van der Waals surface area contributed by atoms with E-state index in [1.807, 2.05) is 0 Å². The molecule has 0 saturated carbocycles. The van der Waals surface area contributed by atoms with Crippen LogP contribution in [0.3, 0.4) is 0 Å². The molecule has 0 radical (unpaired) electrons. The first-order valence-electron chi connectivity index (χ1n) is 4.68. The van der Waals surface area contributed by atoms with Gasteiger partial charge in [0.25, 0.3) is 0 Å². The zero-order valence-electron chi connectivity index (χ0n) is 8.21. The number of aliphatic hydroxyl groups excluding tert-OH is 1. The van der Waals surface area contributed by atoms with Crippen molar-refractivity contribution in [2.75, 3.05) is 13.2 Å². The van der Waals surface area contributed by atoms with Crippen LogP contribution in [0.4, 0.5) is 0 Å². The van der Waals surface area contributed by atoms with Gasteiger partial charge >= 0.3 is 0 Å². The predicted octanol–water partition coefficient (Wildman–Crippen LogP) is 2.09. The van der Waals surface area contributed by atoms with E-state index in [9.17, 15) is 0 Å². The second-order valence-electron chi connectivity index (χ2n) is 3.07. The third kappa shape index (κ3) is 3.10. The van der Waals surface area contributed by atoms with E-state index in [1.54, 1.807) is 11.3 Å². The first-order chi connectivity index (χ1) is 6.27. The Morgan fingerprint density at radius 3 is 2.77 bits per heavy atom. The van der Waals surface area contributed by atoms with Gasteiger partial charge in [-0.25, -0.2) is 0 Å². The smallest absolute Gasteiger partial charge is 0.0449 e. The van der Waals surface area contributed by atoms with Crippen molar-refractivity contribution in [1.29, 1.82) is 0 Å². The molecule has 1 heterocycles. The van der Waals surface area contributed by atoms with Crippen molar-refractivity contribution in [1.82, 2.24) is 5.32 Å². The molecule has 74 valence electrons. The molecular weight excluding hydrogens is 182 g/mol. The number of hydrogen-bond acceptors (Lipinski definition) is 3. The van der Waals surface area contributed by atoms with Gasteiger partial charge in [-0.05, 0) is 32.0 Å². The van der Waals surface area contributed by atoms with Crippen LogP contribution in [0.15, 0.2) is 12.1 Å². The molecular formula is C10H17NOS. The average molecular weight is 199 g/mol. The molecule has 1 aromatic heterocycles. The predicted molar refractivity (Wildman–Crippen MR) is 57.2 cm³/mol. The molecule has 2 nitrogen and oxygen atoms in total. The van der Waals surface area contributed by atoms with Gasteiger partial charge < -0.3 is 10.4 Å².